The fourth-order valence-corrected chi connectivity index (χ4v) is 4.72. The van der Waals surface area contributed by atoms with Crippen molar-refractivity contribution in [2.45, 2.75) is 72.6 Å². The summed E-state index contributed by atoms with van der Waals surface area (Å²) < 4.78 is 0. The molecule has 20 heavy (non-hydrogen) atoms. The maximum Gasteiger partial charge on any atom is 0.0623 e. The average Bonchev–Trinajstić information content (AvgIpc) is 2.36. The molecule has 0 radical (unpaired) electrons. The van der Waals surface area contributed by atoms with Crippen LogP contribution in [0.5, 0.6) is 0 Å². The Kier molecular flexibility index (Phi) is 4.54. The van der Waals surface area contributed by atoms with E-state index in [1.54, 1.807) is 0 Å². The van der Waals surface area contributed by atoms with E-state index in [0.29, 0.717) is 11.3 Å². The molecule has 1 heteroatoms. The molecule has 0 N–H and O–H groups in total. The number of hydrogen-bond donors (Lipinski definition) is 0. The van der Waals surface area contributed by atoms with Gasteiger partial charge in [0.2, 0.25) is 0 Å². The average molecular weight is 293 g/mol. The van der Waals surface area contributed by atoms with Crippen LogP contribution in [0.3, 0.4) is 0 Å². The van der Waals surface area contributed by atoms with Crippen LogP contribution in [0.4, 0.5) is 0 Å². The third-order valence-corrected chi connectivity index (χ3v) is 6.17. The maximum atomic E-state index is 7.02. The van der Waals surface area contributed by atoms with Gasteiger partial charge in [0.15, 0.2) is 0 Å². The fraction of sp³-hybridized carbons (Fsp3) is 0.684. The molecule has 2 atom stereocenters. The largest absolute Gasteiger partial charge is 0.117 e. The van der Waals surface area contributed by atoms with Gasteiger partial charge in [-0.2, -0.15) is 0 Å². The van der Waals surface area contributed by atoms with Crippen molar-refractivity contribution >= 4 is 11.6 Å². The van der Waals surface area contributed by atoms with E-state index in [-0.39, 0.29) is 5.38 Å². The molecule has 112 valence electrons. The van der Waals surface area contributed by atoms with Crippen molar-refractivity contribution in [1.82, 2.24) is 0 Å². The highest BCUT2D eigenvalue weighted by atomic mass is 35.5. The van der Waals surface area contributed by atoms with Gasteiger partial charge in [-0.1, -0.05) is 32.8 Å². The molecule has 0 spiro atoms. The maximum absolute atomic E-state index is 7.02. The molecule has 1 aromatic rings. The number of rotatable bonds is 2. The molecule has 0 heterocycles. The first kappa shape index (κ1) is 15.9. The van der Waals surface area contributed by atoms with Gasteiger partial charge in [-0.3, -0.25) is 0 Å². The van der Waals surface area contributed by atoms with E-state index >= 15 is 0 Å². The van der Waals surface area contributed by atoms with E-state index in [0.717, 1.165) is 0 Å². The van der Waals surface area contributed by atoms with Crippen molar-refractivity contribution in [2.75, 3.05) is 0 Å². The van der Waals surface area contributed by atoms with Gasteiger partial charge in [0.05, 0.1) is 5.38 Å². The van der Waals surface area contributed by atoms with Crippen LogP contribution in [0.1, 0.15) is 72.7 Å². The summed E-state index contributed by atoms with van der Waals surface area (Å²) in [7, 11) is 0. The quantitative estimate of drug-likeness (QED) is 0.552. The Bertz CT molecular complexity index is 473. The van der Waals surface area contributed by atoms with Crippen LogP contribution in [-0.4, -0.2) is 0 Å². The Morgan fingerprint density at radius 2 is 1.60 bits per heavy atom. The molecule has 0 aliphatic heterocycles. The molecular formula is C19H29Cl. The summed E-state index contributed by atoms with van der Waals surface area (Å²) in [5.74, 6) is 0.594. The minimum atomic E-state index is 0.156. The second-order valence-corrected chi connectivity index (χ2v) is 7.89. The van der Waals surface area contributed by atoms with E-state index in [9.17, 15) is 0 Å². The zero-order chi connectivity index (χ0) is 15.1. The first-order valence-electron chi connectivity index (χ1n) is 7.97. The molecule has 1 aromatic carbocycles. The van der Waals surface area contributed by atoms with Crippen molar-refractivity contribution < 1.29 is 0 Å². The molecule has 1 fully saturated rings. The van der Waals surface area contributed by atoms with Crippen LogP contribution < -0.4 is 0 Å². The minimum Gasteiger partial charge on any atom is -0.117 e. The van der Waals surface area contributed by atoms with Crippen molar-refractivity contribution in [3.63, 3.8) is 0 Å². The Balaban J connectivity index is 2.45. The molecule has 0 bridgehead atoms. The molecule has 0 amide bonds. The zero-order valence-corrected chi connectivity index (χ0v) is 14.7. The van der Waals surface area contributed by atoms with Gasteiger partial charge in [0.25, 0.3) is 0 Å². The molecule has 0 aromatic heterocycles. The van der Waals surface area contributed by atoms with Gasteiger partial charge >= 0.3 is 0 Å². The van der Waals surface area contributed by atoms with Crippen LogP contribution in [0, 0.1) is 39.0 Å². The highest BCUT2D eigenvalue weighted by Gasteiger charge is 2.38. The first-order chi connectivity index (χ1) is 9.25. The third-order valence-electron chi connectivity index (χ3n) is 5.64. The predicted octanol–water partition coefficient (Wildman–Crippen LogP) is 6.42. The second-order valence-electron chi connectivity index (χ2n) is 7.42. The summed E-state index contributed by atoms with van der Waals surface area (Å²) in [6, 6.07) is 2.30. The van der Waals surface area contributed by atoms with E-state index in [1.165, 1.54) is 53.5 Å². The SMILES string of the molecule is Cc1cc(C)c(C)c(C(Cl)C2CCCCC2(C)C)c1C. The molecule has 1 aliphatic carbocycles. The Hall–Kier alpha value is -0.490. The smallest absolute Gasteiger partial charge is 0.0623 e. The Morgan fingerprint density at radius 1 is 1.05 bits per heavy atom. The molecule has 2 rings (SSSR count). The summed E-state index contributed by atoms with van der Waals surface area (Å²) in [5.41, 5.74) is 7.32. The third kappa shape index (κ3) is 2.77. The van der Waals surface area contributed by atoms with Crippen molar-refractivity contribution in [3.8, 4) is 0 Å². The zero-order valence-electron chi connectivity index (χ0n) is 13.9. The summed E-state index contributed by atoms with van der Waals surface area (Å²) >= 11 is 7.02. The number of benzene rings is 1. The summed E-state index contributed by atoms with van der Waals surface area (Å²) in [6.45, 7) is 13.7. The molecular weight excluding hydrogens is 264 g/mol. The molecule has 2 unspecified atom stereocenters. The van der Waals surface area contributed by atoms with Crippen LogP contribution in [0.25, 0.3) is 0 Å². The van der Waals surface area contributed by atoms with Gasteiger partial charge in [0, 0.05) is 0 Å². The van der Waals surface area contributed by atoms with Gasteiger partial charge < -0.3 is 0 Å². The highest BCUT2D eigenvalue weighted by molar-refractivity contribution is 6.21. The normalized spacial score (nSPS) is 23.6. The monoisotopic (exact) mass is 292 g/mol. The summed E-state index contributed by atoms with van der Waals surface area (Å²) in [6.07, 6.45) is 5.27. The Labute approximate surface area is 129 Å². The van der Waals surface area contributed by atoms with E-state index in [4.69, 9.17) is 11.6 Å². The lowest BCUT2D eigenvalue weighted by molar-refractivity contribution is 0.133. The van der Waals surface area contributed by atoms with Crippen molar-refractivity contribution in [2.24, 2.45) is 11.3 Å². The Morgan fingerprint density at radius 3 is 2.10 bits per heavy atom. The van der Waals surface area contributed by atoms with E-state index < -0.39 is 0 Å². The van der Waals surface area contributed by atoms with Gasteiger partial charge in [-0.15, -0.1) is 11.6 Å². The van der Waals surface area contributed by atoms with Crippen molar-refractivity contribution in [1.29, 1.82) is 0 Å². The van der Waals surface area contributed by atoms with Crippen LogP contribution >= 0.6 is 11.6 Å². The molecule has 1 saturated carbocycles. The van der Waals surface area contributed by atoms with Gasteiger partial charge in [-0.05, 0) is 79.7 Å². The lowest BCUT2D eigenvalue weighted by Gasteiger charge is -2.42. The van der Waals surface area contributed by atoms with E-state index in [2.05, 4.69) is 47.6 Å². The second kappa shape index (κ2) is 5.72. The highest BCUT2D eigenvalue weighted by Crippen LogP contribution is 2.50. The summed E-state index contributed by atoms with van der Waals surface area (Å²) in [5, 5.41) is 0.156. The summed E-state index contributed by atoms with van der Waals surface area (Å²) in [4.78, 5) is 0. The number of alkyl halides is 1. The lowest BCUT2D eigenvalue weighted by atomic mass is 9.66. The molecule has 0 saturated heterocycles. The van der Waals surface area contributed by atoms with Gasteiger partial charge in [0.1, 0.15) is 0 Å². The minimum absolute atomic E-state index is 0.156. The number of hydrogen-bond acceptors (Lipinski definition) is 0. The van der Waals surface area contributed by atoms with Crippen LogP contribution in [0.2, 0.25) is 0 Å². The number of aryl methyl sites for hydroxylation is 2. The van der Waals surface area contributed by atoms with Gasteiger partial charge in [-0.25, -0.2) is 0 Å². The predicted molar refractivity (Wildman–Crippen MR) is 89.7 cm³/mol. The molecule has 1 aliphatic rings. The topological polar surface area (TPSA) is 0 Å². The lowest BCUT2D eigenvalue weighted by Crippen LogP contribution is -2.31. The fourth-order valence-electron chi connectivity index (χ4n) is 3.93. The van der Waals surface area contributed by atoms with Crippen LogP contribution in [0.15, 0.2) is 6.07 Å². The number of halogens is 1. The standard InChI is InChI=1S/C19H29Cl/c1-12-11-13(2)15(4)17(14(12)3)18(20)16-9-7-8-10-19(16,5)6/h11,16,18H,7-10H2,1-6H3. The van der Waals surface area contributed by atoms with Crippen LogP contribution in [-0.2, 0) is 0 Å². The molecule has 0 nitrogen and oxygen atoms in total. The van der Waals surface area contributed by atoms with Crippen molar-refractivity contribution in [3.05, 3.63) is 33.9 Å². The first-order valence-corrected chi connectivity index (χ1v) is 8.40. The van der Waals surface area contributed by atoms with E-state index in [1.807, 2.05) is 0 Å².